The van der Waals surface area contributed by atoms with Crippen LogP contribution in [0.1, 0.15) is 17.2 Å². The Labute approximate surface area is 117 Å². The zero-order valence-corrected chi connectivity index (χ0v) is 11.2. The fraction of sp³-hybridized carbons (Fsp3) is 0.188. The molecule has 1 unspecified atom stereocenters. The van der Waals surface area contributed by atoms with Crippen LogP contribution in [-0.2, 0) is 11.3 Å². The highest BCUT2D eigenvalue weighted by Crippen LogP contribution is 2.37. The van der Waals surface area contributed by atoms with Crippen molar-refractivity contribution in [2.45, 2.75) is 12.6 Å². The molecule has 102 valence electrons. The molecule has 3 rings (SSSR count). The largest absolute Gasteiger partial charge is 0.474 e. The molecule has 4 heteroatoms. The average Bonchev–Trinajstić information content (AvgIpc) is 2.51. The van der Waals surface area contributed by atoms with Crippen molar-refractivity contribution >= 4 is 11.6 Å². The summed E-state index contributed by atoms with van der Waals surface area (Å²) in [6.45, 7) is 0.446. The number of benzene rings is 2. The van der Waals surface area contributed by atoms with Gasteiger partial charge in [0.2, 0.25) is 6.10 Å². The third kappa shape index (κ3) is 2.04. The van der Waals surface area contributed by atoms with Crippen molar-refractivity contribution in [1.82, 2.24) is 0 Å². The minimum Gasteiger partial charge on any atom is -0.474 e. The molecule has 0 saturated heterocycles. The Morgan fingerprint density at radius 2 is 2.00 bits per heavy atom. The Balaban J connectivity index is 2.01. The van der Waals surface area contributed by atoms with Gasteiger partial charge in [0.25, 0.3) is 5.91 Å². The van der Waals surface area contributed by atoms with Crippen LogP contribution in [0, 0.1) is 0 Å². The molecule has 1 aliphatic heterocycles. The summed E-state index contributed by atoms with van der Waals surface area (Å²) in [4.78, 5) is 14.1. The maximum atomic E-state index is 12.5. The highest BCUT2D eigenvalue weighted by molar-refractivity contribution is 6.00. The molecular formula is C16H16N2O2. The van der Waals surface area contributed by atoms with Gasteiger partial charge in [0, 0.05) is 19.2 Å². The second-order valence-corrected chi connectivity index (χ2v) is 4.81. The standard InChI is InChI=1S/C16H16N2O2/c1-18-13-7-2-3-8-14(13)20-15(16(18)19)12-6-4-5-11(9-12)10-17/h2-9,15H,10,17H2,1H3. The highest BCUT2D eigenvalue weighted by atomic mass is 16.5. The van der Waals surface area contributed by atoms with Gasteiger partial charge in [0.05, 0.1) is 5.69 Å². The zero-order valence-electron chi connectivity index (χ0n) is 11.2. The van der Waals surface area contributed by atoms with Crippen molar-refractivity contribution in [3.8, 4) is 5.75 Å². The van der Waals surface area contributed by atoms with E-state index in [-0.39, 0.29) is 5.91 Å². The third-order valence-electron chi connectivity index (χ3n) is 3.52. The fourth-order valence-electron chi connectivity index (χ4n) is 2.40. The van der Waals surface area contributed by atoms with E-state index in [4.69, 9.17) is 10.5 Å². The number of fused-ring (bicyclic) bond motifs is 1. The van der Waals surface area contributed by atoms with E-state index in [1.54, 1.807) is 11.9 Å². The zero-order chi connectivity index (χ0) is 14.1. The number of carbonyl (C=O) groups is 1. The maximum Gasteiger partial charge on any atom is 0.272 e. The third-order valence-corrected chi connectivity index (χ3v) is 3.52. The predicted octanol–water partition coefficient (Wildman–Crippen LogP) is 2.24. The Morgan fingerprint density at radius 3 is 2.80 bits per heavy atom. The van der Waals surface area contributed by atoms with Crippen molar-refractivity contribution in [3.63, 3.8) is 0 Å². The first-order valence-electron chi connectivity index (χ1n) is 6.53. The van der Waals surface area contributed by atoms with Crippen LogP contribution in [0.3, 0.4) is 0 Å². The van der Waals surface area contributed by atoms with Crippen molar-refractivity contribution in [1.29, 1.82) is 0 Å². The smallest absolute Gasteiger partial charge is 0.272 e. The summed E-state index contributed by atoms with van der Waals surface area (Å²) in [6.07, 6.45) is -0.610. The average molecular weight is 268 g/mol. The Hall–Kier alpha value is -2.33. The topological polar surface area (TPSA) is 55.6 Å². The number of nitrogens with zero attached hydrogens (tertiary/aromatic N) is 1. The van der Waals surface area contributed by atoms with Crippen LogP contribution in [0.2, 0.25) is 0 Å². The Bertz CT molecular complexity index is 654. The minimum absolute atomic E-state index is 0.0714. The lowest BCUT2D eigenvalue weighted by molar-refractivity contribution is -0.126. The number of nitrogens with two attached hydrogens (primary N) is 1. The van der Waals surface area contributed by atoms with Crippen LogP contribution in [0.5, 0.6) is 5.75 Å². The highest BCUT2D eigenvalue weighted by Gasteiger charge is 2.33. The monoisotopic (exact) mass is 268 g/mol. The molecule has 4 nitrogen and oxygen atoms in total. The van der Waals surface area contributed by atoms with Gasteiger partial charge < -0.3 is 15.4 Å². The molecular weight excluding hydrogens is 252 g/mol. The number of ether oxygens (including phenoxy) is 1. The number of hydrogen-bond donors (Lipinski definition) is 1. The molecule has 20 heavy (non-hydrogen) atoms. The van der Waals surface area contributed by atoms with Gasteiger partial charge in [0.15, 0.2) is 0 Å². The van der Waals surface area contributed by atoms with Gasteiger partial charge in [-0.05, 0) is 17.7 Å². The van der Waals surface area contributed by atoms with Crippen molar-refractivity contribution in [2.75, 3.05) is 11.9 Å². The lowest BCUT2D eigenvalue weighted by Crippen LogP contribution is -2.38. The van der Waals surface area contributed by atoms with E-state index < -0.39 is 6.10 Å². The van der Waals surface area contributed by atoms with Gasteiger partial charge in [-0.3, -0.25) is 4.79 Å². The quantitative estimate of drug-likeness (QED) is 0.908. The summed E-state index contributed by atoms with van der Waals surface area (Å²) in [5.74, 6) is 0.649. The first-order chi connectivity index (χ1) is 9.70. The first-order valence-corrected chi connectivity index (χ1v) is 6.53. The fourth-order valence-corrected chi connectivity index (χ4v) is 2.40. The van der Waals surface area contributed by atoms with E-state index in [0.29, 0.717) is 6.54 Å². The van der Waals surface area contributed by atoms with Crippen LogP contribution in [0.15, 0.2) is 48.5 Å². The van der Waals surface area contributed by atoms with E-state index in [1.165, 1.54) is 0 Å². The van der Waals surface area contributed by atoms with Gasteiger partial charge in [0.1, 0.15) is 5.75 Å². The van der Waals surface area contributed by atoms with Gasteiger partial charge in [-0.2, -0.15) is 0 Å². The molecule has 0 bridgehead atoms. The van der Waals surface area contributed by atoms with Gasteiger partial charge >= 0.3 is 0 Å². The van der Waals surface area contributed by atoms with E-state index in [1.807, 2.05) is 48.5 Å². The molecule has 0 aliphatic carbocycles. The van der Waals surface area contributed by atoms with Gasteiger partial charge in [-0.1, -0.05) is 36.4 Å². The summed E-state index contributed by atoms with van der Waals surface area (Å²) in [5, 5.41) is 0. The molecule has 0 radical (unpaired) electrons. The van der Waals surface area contributed by atoms with Crippen molar-refractivity contribution in [2.24, 2.45) is 5.73 Å². The normalized spacial score (nSPS) is 17.6. The molecule has 0 fully saturated rings. The van der Waals surface area contributed by atoms with E-state index in [2.05, 4.69) is 0 Å². The van der Waals surface area contributed by atoms with Crippen LogP contribution < -0.4 is 15.4 Å². The summed E-state index contributed by atoms with van der Waals surface area (Å²) in [7, 11) is 1.77. The number of amides is 1. The van der Waals surface area contributed by atoms with Crippen LogP contribution in [0.4, 0.5) is 5.69 Å². The number of likely N-dealkylation sites (N-methyl/N-ethyl adjacent to an activating group) is 1. The summed E-state index contributed by atoms with van der Waals surface area (Å²) >= 11 is 0. The lowest BCUT2D eigenvalue weighted by Gasteiger charge is -2.32. The minimum atomic E-state index is -0.610. The molecule has 2 aromatic rings. The molecule has 2 aromatic carbocycles. The molecule has 0 saturated carbocycles. The summed E-state index contributed by atoms with van der Waals surface area (Å²) < 4.78 is 5.87. The van der Waals surface area contributed by atoms with E-state index in [0.717, 1.165) is 22.6 Å². The molecule has 2 N–H and O–H groups in total. The number of para-hydroxylation sites is 2. The molecule has 0 aromatic heterocycles. The molecule has 1 amide bonds. The molecule has 1 heterocycles. The second-order valence-electron chi connectivity index (χ2n) is 4.81. The molecule has 0 spiro atoms. The van der Waals surface area contributed by atoms with E-state index in [9.17, 15) is 4.79 Å². The predicted molar refractivity (Wildman–Crippen MR) is 77.6 cm³/mol. The molecule has 1 aliphatic rings. The lowest BCUT2D eigenvalue weighted by atomic mass is 10.0. The summed E-state index contributed by atoms with van der Waals surface area (Å²) in [6, 6.07) is 15.2. The Kier molecular flexibility index (Phi) is 3.16. The SMILES string of the molecule is CN1C(=O)C(c2cccc(CN)c2)Oc2ccccc21. The second kappa shape index (κ2) is 4.98. The van der Waals surface area contributed by atoms with Crippen LogP contribution in [-0.4, -0.2) is 13.0 Å². The van der Waals surface area contributed by atoms with Crippen LogP contribution in [0.25, 0.3) is 0 Å². The van der Waals surface area contributed by atoms with Gasteiger partial charge in [-0.25, -0.2) is 0 Å². The Morgan fingerprint density at radius 1 is 1.20 bits per heavy atom. The van der Waals surface area contributed by atoms with Crippen molar-refractivity contribution in [3.05, 3.63) is 59.7 Å². The first kappa shape index (κ1) is 12.7. The van der Waals surface area contributed by atoms with E-state index >= 15 is 0 Å². The van der Waals surface area contributed by atoms with Crippen LogP contribution >= 0.6 is 0 Å². The number of carbonyl (C=O) groups excluding carboxylic acids is 1. The summed E-state index contributed by atoms with van der Waals surface area (Å²) in [5.41, 5.74) is 8.26. The van der Waals surface area contributed by atoms with Gasteiger partial charge in [-0.15, -0.1) is 0 Å². The maximum absolute atomic E-state index is 12.5. The number of anilines is 1. The number of rotatable bonds is 2. The number of hydrogen-bond acceptors (Lipinski definition) is 3. The molecule has 1 atom stereocenters. The van der Waals surface area contributed by atoms with Crippen molar-refractivity contribution < 1.29 is 9.53 Å².